The van der Waals surface area contributed by atoms with Crippen LogP contribution in [0.4, 0.5) is 25.1 Å². The number of urea groups is 1. The van der Waals surface area contributed by atoms with E-state index in [0.29, 0.717) is 58.6 Å². The van der Waals surface area contributed by atoms with Crippen LogP contribution in [0.25, 0.3) is 33.2 Å². The molecule has 3 aliphatic rings. The van der Waals surface area contributed by atoms with Gasteiger partial charge in [0.25, 0.3) is 12.0 Å². The maximum Gasteiger partial charge on any atom is 0.318 e. The maximum absolute atomic E-state index is 13.8. The van der Waals surface area contributed by atoms with Gasteiger partial charge < -0.3 is 25.4 Å². The zero-order chi connectivity index (χ0) is 37.9. The number of aromatic nitrogens is 4. The number of halogens is 4. The van der Waals surface area contributed by atoms with Crippen molar-refractivity contribution in [2.75, 3.05) is 45.2 Å². The lowest BCUT2D eigenvalue weighted by molar-refractivity contribution is 0.146. The molecule has 0 saturated carbocycles. The average molecular weight is 778 g/mol. The van der Waals surface area contributed by atoms with Gasteiger partial charge in [-0.1, -0.05) is 53.5 Å². The van der Waals surface area contributed by atoms with E-state index in [0.717, 1.165) is 47.7 Å². The second-order valence-electron chi connectivity index (χ2n) is 13.9. The number of aliphatic hydroxyl groups excluding tert-OH is 1. The minimum absolute atomic E-state index is 0.0694. The summed E-state index contributed by atoms with van der Waals surface area (Å²) in [7, 11) is 3.07. The molecule has 2 fully saturated rings. The lowest BCUT2D eigenvalue weighted by Crippen LogP contribution is -2.46. The Bertz CT molecular complexity index is 2380. The molecule has 2 aromatic carbocycles. The number of amides is 2. The van der Waals surface area contributed by atoms with Gasteiger partial charge in [0.05, 0.1) is 52.3 Å². The summed E-state index contributed by atoms with van der Waals surface area (Å²) in [6, 6.07) is 13.9. The molecule has 2 amide bonds. The minimum Gasteiger partial charge on any atom is -0.481 e. The van der Waals surface area contributed by atoms with E-state index in [1.807, 2.05) is 18.2 Å². The molecule has 2 aliphatic heterocycles. The number of carbonyl (C=O) groups is 1. The molecule has 0 unspecified atom stereocenters. The van der Waals surface area contributed by atoms with Gasteiger partial charge in [-0.2, -0.15) is 5.10 Å². The summed E-state index contributed by atoms with van der Waals surface area (Å²) in [6.07, 6.45) is 0.958. The number of nitrogens with zero attached hydrogens (tertiary/aromatic N) is 6. The smallest absolute Gasteiger partial charge is 0.318 e. The van der Waals surface area contributed by atoms with E-state index >= 15 is 0 Å². The molecular formula is C38H36Cl2F2N8O4. The van der Waals surface area contributed by atoms with E-state index in [9.17, 15) is 23.5 Å². The topological polar surface area (TPSA) is 138 Å². The lowest BCUT2D eigenvalue weighted by atomic mass is 9.99. The van der Waals surface area contributed by atoms with Gasteiger partial charge in [-0.05, 0) is 43.0 Å². The number of methoxy groups -OCH3 is 1. The summed E-state index contributed by atoms with van der Waals surface area (Å²) in [4.78, 5) is 38.7. The van der Waals surface area contributed by atoms with E-state index in [2.05, 4.69) is 31.7 Å². The van der Waals surface area contributed by atoms with E-state index in [-0.39, 0.29) is 45.8 Å². The predicted molar refractivity (Wildman–Crippen MR) is 202 cm³/mol. The quantitative estimate of drug-likeness (QED) is 0.153. The fourth-order valence-corrected chi connectivity index (χ4v) is 8.71. The van der Waals surface area contributed by atoms with Crippen molar-refractivity contribution in [1.29, 1.82) is 0 Å². The fraction of sp³-hybridized carbons (Fsp3) is 0.342. The molecule has 5 aromatic rings. The zero-order valence-corrected chi connectivity index (χ0v) is 30.9. The lowest BCUT2D eigenvalue weighted by Gasteiger charge is -2.28. The Kier molecular flexibility index (Phi) is 9.41. The van der Waals surface area contributed by atoms with Crippen molar-refractivity contribution in [1.82, 2.24) is 34.9 Å². The van der Waals surface area contributed by atoms with Crippen LogP contribution in [-0.2, 0) is 13.5 Å². The van der Waals surface area contributed by atoms with Crippen LogP contribution in [0.1, 0.15) is 42.1 Å². The number of hydrogen-bond donors (Lipinski definition) is 3. The van der Waals surface area contributed by atoms with E-state index in [1.165, 1.54) is 13.2 Å². The number of likely N-dealkylation sites (tertiary alicyclic amines) is 1. The average Bonchev–Trinajstić information content (AvgIpc) is 3.86. The number of alkyl halides is 2. The molecule has 2 saturated heterocycles. The summed E-state index contributed by atoms with van der Waals surface area (Å²) < 4.78 is 34.7. The van der Waals surface area contributed by atoms with Crippen molar-refractivity contribution >= 4 is 51.5 Å². The van der Waals surface area contributed by atoms with E-state index in [4.69, 9.17) is 32.9 Å². The zero-order valence-electron chi connectivity index (χ0n) is 29.4. The number of aliphatic hydroxyl groups is 1. The first-order valence-electron chi connectivity index (χ1n) is 17.5. The Morgan fingerprint density at radius 1 is 1.07 bits per heavy atom. The van der Waals surface area contributed by atoms with E-state index < -0.39 is 17.7 Å². The van der Waals surface area contributed by atoms with Crippen LogP contribution >= 0.6 is 23.2 Å². The Hall–Kier alpha value is -4.89. The number of β-amino-alcohol motifs (C(OH)–C–C–N with tert-alkyl or cyclic N) is 1. The van der Waals surface area contributed by atoms with Crippen molar-refractivity contribution in [3.8, 4) is 28.3 Å². The van der Waals surface area contributed by atoms with Gasteiger partial charge in [-0.3, -0.25) is 9.69 Å². The van der Waals surface area contributed by atoms with Crippen LogP contribution in [-0.4, -0.2) is 86.1 Å². The number of pyridine rings is 2. The molecule has 1 spiro atoms. The highest BCUT2D eigenvalue weighted by atomic mass is 35.5. The largest absolute Gasteiger partial charge is 0.481 e. The highest BCUT2D eigenvalue weighted by molar-refractivity contribution is 6.39. The van der Waals surface area contributed by atoms with Gasteiger partial charge in [-0.25, -0.2) is 28.2 Å². The first-order valence-corrected chi connectivity index (χ1v) is 18.3. The monoisotopic (exact) mass is 776 g/mol. The SMILES string of the molecule is COc1nc(-c2cccc(-c3cccc(Nc4nc(C(F)F)cc5cnn(C)c(=O)c45)c3Cl)c2Cl)cc2c1[C@@H](N1CC[C@]3(CN(CCO)C(=O)N3)C1)CC2. The Balaban J connectivity index is 1.11. The second kappa shape index (κ2) is 14.1. The third kappa shape index (κ3) is 6.20. The summed E-state index contributed by atoms with van der Waals surface area (Å²) in [5, 5.41) is 20.5. The Morgan fingerprint density at radius 3 is 2.59 bits per heavy atom. The molecule has 54 heavy (non-hydrogen) atoms. The minimum atomic E-state index is -2.88. The molecule has 5 heterocycles. The molecule has 280 valence electrons. The number of hydrogen-bond acceptors (Lipinski definition) is 9. The molecule has 1 aliphatic carbocycles. The van der Waals surface area contributed by atoms with Crippen molar-refractivity contribution in [2.24, 2.45) is 7.05 Å². The third-order valence-electron chi connectivity index (χ3n) is 10.7. The number of carbonyl (C=O) groups excluding carboxylic acids is 1. The molecule has 8 rings (SSSR count). The van der Waals surface area contributed by atoms with Crippen LogP contribution < -0.4 is 20.9 Å². The van der Waals surface area contributed by atoms with Crippen LogP contribution in [0.2, 0.25) is 10.0 Å². The van der Waals surface area contributed by atoms with Crippen molar-refractivity contribution in [2.45, 2.75) is 37.3 Å². The van der Waals surface area contributed by atoms with Gasteiger partial charge in [0.2, 0.25) is 5.88 Å². The van der Waals surface area contributed by atoms with Crippen LogP contribution in [0.5, 0.6) is 5.88 Å². The summed E-state index contributed by atoms with van der Waals surface area (Å²) in [6.45, 7) is 2.30. The number of anilines is 2. The van der Waals surface area contributed by atoms with Crippen molar-refractivity contribution < 1.29 is 23.4 Å². The molecule has 3 aromatic heterocycles. The van der Waals surface area contributed by atoms with Gasteiger partial charge in [0.15, 0.2) is 0 Å². The maximum atomic E-state index is 13.8. The predicted octanol–water partition coefficient (Wildman–Crippen LogP) is 6.50. The molecule has 12 nitrogen and oxygen atoms in total. The molecule has 0 bridgehead atoms. The second-order valence-corrected chi connectivity index (χ2v) is 14.7. The first kappa shape index (κ1) is 36.1. The van der Waals surface area contributed by atoms with Crippen molar-refractivity contribution in [3.63, 3.8) is 0 Å². The number of ether oxygens (including phenoxy) is 1. The highest BCUT2D eigenvalue weighted by Crippen LogP contribution is 2.47. The van der Waals surface area contributed by atoms with Crippen molar-refractivity contribution in [3.05, 3.63) is 91.9 Å². The first-order chi connectivity index (χ1) is 26.0. The van der Waals surface area contributed by atoms with Gasteiger partial charge in [0, 0.05) is 66.9 Å². The number of fused-ring (bicyclic) bond motifs is 2. The van der Waals surface area contributed by atoms with Gasteiger partial charge >= 0.3 is 6.03 Å². The number of rotatable bonds is 9. The molecule has 16 heteroatoms. The molecular weight excluding hydrogens is 741 g/mol. The van der Waals surface area contributed by atoms with E-state index in [1.54, 1.807) is 30.2 Å². The Morgan fingerprint density at radius 2 is 1.83 bits per heavy atom. The fourth-order valence-electron chi connectivity index (χ4n) is 8.11. The summed E-state index contributed by atoms with van der Waals surface area (Å²) >= 11 is 14.2. The van der Waals surface area contributed by atoms with Gasteiger partial charge in [0.1, 0.15) is 11.5 Å². The van der Waals surface area contributed by atoms with Gasteiger partial charge in [-0.15, -0.1) is 0 Å². The van der Waals surface area contributed by atoms with Crippen LogP contribution in [0, 0.1) is 0 Å². The molecule has 3 N–H and O–H groups in total. The number of nitrogens with one attached hydrogen (secondary N) is 2. The normalized spacial score (nSPS) is 19.7. The third-order valence-corrected chi connectivity index (χ3v) is 11.5. The molecule has 2 atom stereocenters. The molecule has 0 radical (unpaired) electrons. The standard InChI is InChI=1S/C38H36Cl2F2N8O4/c1-48-36(52)30-21(17-43-48)16-27(33(41)42)45-34(30)44-25-8-4-6-23(32(25)40)22-5-3-7-24(31(22)39)26-15-20-9-10-28(29(20)35(46-26)54-2)49-12-11-38(18-49)19-50(13-14-51)37(53)47-38/h3-8,15-17,28,33,51H,9-14,18-19H2,1-2H3,(H,44,45)(H,47,53)/t28-,38+/m0/s1. The summed E-state index contributed by atoms with van der Waals surface area (Å²) in [5.74, 6) is 0.444. The van der Waals surface area contributed by atoms with Crippen LogP contribution in [0.3, 0.4) is 0 Å². The Labute approximate surface area is 318 Å². The number of benzene rings is 2. The van der Waals surface area contributed by atoms with Crippen LogP contribution in [0.15, 0.2) is 59.5 Å². The highest BCUT2D eigenvalue weighted by Gasteiger charge is 2.49. The number of aryl methyl sites for hydroxylation is 2. The summed E-state index contributed by atoms with van der Waals surface area (Å²) in [5.41, 5.74) is 3.57.